The molecule has 0 aromatic heterocycles. The minimum absolute atomic E-state index is 0.314. The minimum Gasteiger partial charge on any atom is -0.376 e. The highest BCUT2D eigenvalue weighted by atomic mass is 19.4. The Balaban J connectivity index is 2.62. The van der Waals surface area contributed by atoms with Gasteiger partial charge in [-0.25, -0.2) is 4.39 Å². The van der Waals surface area contributed by atoms with E-state index in [0.29, 0.717) is 11.3 Å². The summed E-state index contributed by atoms with van der Waals surface area (Å²) in [7, 11) is 0. The van der Waals surface area contributed by atoms with Crippen LogP contribution in [0.15, 0.2) is 18.2 Å². The normalized spacial score (nSPS) is 17.8. The van der Waals surface area contributed by atoms with E-state index in [0.717, 1.165) is 17.7 Å². The molecule has 1 aromatic carbocycles. The van der Waals surface area contributed by atoms with Gasteiger partial charge in [0.1, 0.15) is 5.82 Å². The Morgan fingerprint density at radius 3 is 2.33 bits per heavy atom. The van der Waals surface area contributed by atoms with Crippen molar-refractivity contribution < 1.29 is 17.6 Å². The van der Waals surface area contributed by atoms with E-state index in [1.807, 2.05) is 19.9 Å². The van der Waals surface area contributed by atoms with Crippen LogP contribution in [0.25, 0.3) is 5.57 Å². The van der Waals surface area contributed by atoms with E-state index in [-0.39, 0.29) is 0 Å². The molecule has 1 heterocycles. The molecule has 1 aliphatic rings. The van der Waals surface area contributed by atoms with Gasteiger partial charge < -0.3 is 5.32 Å². The highest BCUT2D eigenvalue weighted by molar-refractivity contribution is 5.80. The molecule has 18 heavy (non-hydrogen) atoms. The fourth-order valence-corrected chi connectivity index (χ4v) is 2.22. The Kier molecular flexibility index (Phi) is 2.68. The van der Waals surface area contributed by atoms with E-state index < -0.39 is 23.1 Å². The number of anilines is 1. The summed E-state index contributed by atoms with van der Waals surface area (Å²) in [6.07, 6.45) is -2.82. The Hall–Kier alpha value is -1.52. The molecule has 1 aromatic rings. The van der Waals surface area contributed by atoms with Gasteiger partial charge in [-0.2, -0.15) is 13.2 Å². The standard InChI is InChI=1S/C13H13F4N/c1-7-6-12(2,3)18-11-5-9(13(15,16)17)10(14)4-8(7)11/h4-6,18H,1-3H3. The van der Waals surface area contributed by atoms with Crippen LogP contribution in [0.2, 0.25) is 0 Å². The molecule has 0 atom stereocenters. The molecule has 0 fully saturated rings. The lowest BCUT2D eigenvalue weighted by Gasteiger charge is -2.32. The fourth-order valence-electron chi connectivity index (χ4n) is 2.22. The second kappa shape index (κ2) is 3.73. The lowest BCUT2D eigenvalue weighted by Crippen LogP contribution is -2.31. The third-order valence-electron chi connectivity index (χ3n) is 2.87. The molecule has 98 valence electrons. The first kappa shape index (κ1) is 12.9. The van der Waals surface area contributed by atoms with Crippen LogP contribution in [0.1, 0.15) is 31.9 Å². The lowest BCUT2D eigenvalue weighted by atomic mass is 9.90. The fraction of sp³-hybridized carbons (Fsp3) is 0.385. The van der Waals surface area contributed by atoms with E-state index in [1.54, 1.807) is 6.92 Å². The van der Waals surface area contributed by atoms with Gasteiger partial charge >= 0.3 is 6.18 Å². The Labute approximate surface area is 103 Å². The van der Waals surface area contributed by atoms with Crippen molar-refractivity contribution in [2.45, 2.75) is 32.5 Å². The van der Waals surface area contributed by atoms with Crippen LogP contribution >= 0.6 is 0 Å². The molecule has 1 nitrogen and oxygen atoms in total. The van der Waals surface area contributed by atoms with Gasteiger partial charge in [-0.1, -0.05) is 6.08 Å². The molecule has 0 spiro atoms. The predicted octanol–water partition coefficient (Wildman–Crippen LogP) is 4.45. The quantitative estimate of drug-likeness (QED) is 0.679. The second-order valence-corrected chi connectivity index (χ2v) is 5.05. The van der Waals surface area contributed by atoms with Crippen LogP contribution in [-0.4, -0.2) is 5.54 Å². The van der Waals surface area contributed by atoms with Crippen LogP contribution in [0.4, 0.5) is 23.2 Å². The third-order valence-corrected chi connectivity index (χ3v) is 2.87. The number of hydrogen-bond donors (Lipinski definition) is 1. The van der Waals surface area contributed by atoms with Crippen LogP contribution in [0.5, 0.6) is 0 Å². The molecule has 0 amide bonds. The van der Waals surface area contributed by atoms with E-state index in [9.17, 15) is 17.6 Å². The topological polar surface area (TPSA) is 12.0 Å². The average Bonchev–Trinajstić information content (AvgIpc) is 2.15. The molecule has 0 saturated carbocycles. The van der Waals surface area contributed by atoms with Crippen molar-refractivity contribution in [2.24, 2.45) is 0 Å². The summed E-state index contributed by atoms with van der Waals surface area (Å²) in [6, 6.07) is 1.77. The zero-order valence-electron chi connectivity index (χ0n) is 10.2. The molecule has 0 radical (unpaired) electrons. The zero-order chi connectivity index (χ0) is 13.7. The molecule has 0 aliphatic carbocycles. The molecule has 5 heteroatoms. The number of fused-ring (bicyclic) bond motifs is 1. The van der Waals surface area contributed by atoms with E-state index in [1.165, 1.54) is 0 Å². The Bertz CT molecular complexity index is 527. The number of benzene rings is 1. The van der Waals surface area contributed by atoms with E-state index >= 15 is 0 Å². The molecule has 0 bridgehead atoms. The highest BCUT2D eigenvalue weighted by Gasteiger charge is 2.36. The number of alkyl halides is 3. The highest BCUT2D eigenvalue weighted by Crippen LogP contribution is 2.39. The molecule has 0 saturated heterocycles. The van der Waals surface area contributed by atoms with Crippen LogP contribution in [0, 0.1) is 5.82 Å². The summed E-state index contributed by atoms with van der Waals surface area (Å²) in [5.74, 6) is -1.24. The number of halogens is 4. The summed E-state index contributed by atoms with van der Waals surface area (Å²) in [4.78, 5) is 0. The molecule has 0 unspecified atom stereocenters. The van der Waals surface area contributed by atoms with Crippen molar-refractivity contribution in [3.8, 4) is 0 Å². The summed E-state index contributed by atoms with van der Waals surface area (Å²) >= 11 is 0. The van der Waals surface area contributed by atoms with Crippen molar-refractivity contribution in [1.29, 1.82) is 0 Å². The minimum atomic E-state index is -4.68. The van der Waals surface area contributed by atoms with Crippen molar-refractivity contribution in [3.63, 3.8) is 0 Å². The molecule has 1 aliphatic heterocycles. The largest absolute Gasteiger partial charge is 0.419 e. The van der Waals surface area contributed by atoms with Gasteiger partial charge in [-0.05, 0) is 38.5 Å². The first-order valence-electron chi connectivity index (χ1n) is 5.49. The van der Waals surface area contributed by atoms with Crippen molar-refractivity contribution >= 4 is 11.3 Å². The smallest absolute Gasteiger partial charge is 0.376 e. The Morgan fingerprint density at radius 1 is 1.17 bits per heavy atom. The van der Waals surface area contributed by atoms with Crippen molar-refractivity contribution in [3.05, 3.63) is 35.2 Å². The van der Waals surface area contributed by atoms with Gasteiger partial charge in [0.25, 0.3) is 0 Å². The van der Waals surface area contributed by atoms with Gasteiger partial charge in [-0.3, -0.25) is 0 Å². The van der Waals surface area contributed by atoms with E-state index in [4.69, 9.17) is 0 Å². The van der Waals surface area contributed by atoms with Gasteiger partial charge in [0.2, 0.25) is 0 Å². The van der Waals surface area contributed by atoms with E-state index in [2.05, 4.69) is 5.32 Å². The zero-order valence-corrected chi connectivity index (χ0v) is 10.2. The van der Waals surface area contributed by atoms with Gasteiger partial charge in [0, 0.05) is 11.3 Å². The monoisotopic (exact) mass is 259 g/mol. The molecular weight excluding hydrogens is 246 g/mol. The average molecular weight is 259 g/mol. The van der Waals surface area contributed by atoms with Gasteiger partial charge in [0.15, 0.2) is 0 Å². The maximum atomic E-state index is 13.5. The van der Waals surface area contributed by atoms with Crippen LogP contribution in [0.3, 0.4) is 0 Å². The maximum Gasteiger partial charge on any atom is 0.419 e. The third kappa shape index (κ3) is 2.21. The molecule has 1 N–H and O–H groups in total. The second-order valence-electron chi connectivity index (χ2n) is 5.05. The predicted molar refractivity (Wildman–Crippen MR) is 62.8 cm³/mol. The number of rotatable bonds is 0. The first-order chi connectivity index (χ1) is 8.10. The number of nitrogens with one attached hydrogen (secondary N) is 1. The maximum absolute atomic E-state index is 13.5. The number of allylic oxidation sites excluding steroid dienone is 1. The molecular formula is C13H13F4N. The summed E-state index contributed by atoms with van der Waals surface area (Å²) < 4.78 is 51.3. The van der Waals surface area contributed by atoms with Crippen LogP contribution in [-0.2, 0) is 6.18 Å². The lowest BCUT2D eigenvalue weighted by molar-refractivity contribution is -0.139. The first-order valence-corrected chi connectivity index (χ1v) is 5.49. The van der Waals surface area contributed by atoms with Gasteiger partial charge in [0.05, 0.1) is 11.1 Å². The van der Waals surface area contributed by atoms with Crippen molar-refractivity contribution in [1.82, 2.24) is 0 Å². The van der Waals surface area contributed by atoms with Crippen molar-refractivity contribution in [2.75, 3.05) is 5.32 Å². The summed E-state index contributed by atoms with van der Waals surface area (Å²) in [5, 5.41) is 2.96. The summed E-state index contributed by atoms with van der Waals surface area (Å²) in [5.41, 5.74) is -0.133. The van der Waals surface area contributed by atoms with Crippen LogP contribution < -0.4 is 5.32 Å². The van der Waals surface area contributed by atoms with Gasteiger partial charge in [-0.15, -0.1) is 0 Å². The SMILES string of the molecule is CC1=CC(C)(C)Nc2cc(C(F)(F)F)c(F)cc21. The number of hydrogen-bond acceptors (Lipinski definition) is 1. The molecule has 2 rings (SSSR count). The Morgan fingerprint density at radius 2 is 1.78 bits per heavy atom. The summed E-state index contributed by atoms with van der Waals surface area (Å²) in [6.45, 7) is 5.44.